The molecule has 1 aromatic heterocycles. The third-order valence-corrected chi connectivity index (χ3v) is 7.54. The van der Waals surface area contributed by atoms with Gasteiger partial charge in [-0.3, -0.25) is 9.89 Å². The van der Waals surface area contributed by atoms with Gasteiger partial charge in [0.15, 0.2) is 0 Å². The van der Waals surface area contributed by atoms with Gasteiger partial charge in [0.2, 0.25) is 0 Å². The van der Waals surface area contributed by atoms with Gasteiger partial charge in [0.05, 0.1) is 17.9 Å². The number of rotatable bonds is 9. The van der Waals surface area contributed by atoms with Crippen molar-refractivity contribution in [3.63, 3.8) is 0 Å². The maximum absolute atomic E-state index is 6.58. The van der Waals surface area contributed by atoms with E-state index in [1.54, 1.807) is 11.3 Å². The van der Waals surface area contributed by atoms with Gasteiger partial charge in [0.25, 0.3) is 0 Å². The number of aliphatic imine (C=N–C) groups is 1. The van der Waals surface area contributed by atoms with Crippen molar-refractivity contribution in [2.45, 2.75) is 53.2 Å². The number of thiophene rings is 1. The lowest BCUT2D eigenvalue weighted by Gasteiger charge is -2.28. The molecule has 3 nitrogen and oxygen atoms in total. The van der Waals surface area contributed by atoms with Crippen molar-refractivity contribution in [3.05, 3.63) is 87.6 Å². The second-order valence-electron chi connectivity index (χ2n) is 8.78. The molecule has 174 valence electrons. The van der Waals surface area contributed by atoms with Crippen molar-refractivity contribution < 1.29 is 0 Å². The molecule has 0 spiro atoms. The molecule has 2 aromatic carbocycles. The molecule has 0 amide bonds. The summed E-state index contributed by atoms with van der Waals surface area (Å²) in [6, 6.07) is 17.4. The number of hydrogen-bond acceptors (Lipinski definition) is 4. The number of benzene rings is 2. The Kier molecular flexibility index (Phi) is 8.41. The molecule has 1 heterocycles. The zero-order valence-corrected chi connectivity index (χ0v) is 21.7. The molecule has 33 heavy (non-hydrogen) atoms. The topological polar surface area (TPSA) is 41.6 Å². The standard InChI is InChI=1S/C29H37N3S/c1-8-27(29(30)32(7)9-2)31-28(26-18-33-21(6)20(26)5)25-16-14-24(15-17-25)23-12-10-22(11-13-23)19(3)4/h10-18,27,29H,3,8-9,30H2,1-2,4-7H3/b31-28-. The second-order valence-corrected chi connectivity index (χ2v) is 9.87. The minimum Gasteiger partial charge on any atom is -0.314 e. The lowest BCUT2D eigenvalue weighted by atomic mass is 9.96. The predicted octanol–water partition coefficient (Wildman–Crippen LogP) is 6.92. The molecule has 0 saturated carbocycles. The monoisotopic (exact) mass is 459 g/mol. The molecule has 0 aliphatic carbocycles. The Morgan fingerprint density at radius 1 is 1.00 bits per heavy atom. The Bertz CT molecular complexity index is 1110. The van der Waals surface area contributed by atoms with Crippen LogP contribution in [0.4, 0.5) is 0 Å². The first kappa shape index (κ1) is 25.1. The minimum absolute atomic E-state index is 0.0268. The molecule has 3 aromatic rings. The fourth-order valence-electron chi connectivity index (χ4n) is 3.89. The summed E-state index contributed by atoms with van der Waals surface area (Å²) in [4.78, 5) is 8.75. The van der Waals surface area contributed by atoms with Crippen LogP contribution in [0.3, 0.4) is 0 Å². The molecule has 0 aliphatic heterocycles. The van der Waals surface area contributed by atoms with E-state index in [2.05, 4.69) is 100 Å². The Balaban J connectivity index is 2.02. The van der Waals surface area contributed by atoms with Gasteiger partial charge in [0, 0.05) is 21.4 Å². The maximum Gasteiger partial charge on any atom is 0.0800 e. The van der Waals surface area contributed by atoms with E-state index < -0.39 is 0 Å². The van der Waals surface area contributed by atoms with E-state index in [4.69, 9.17) is 10.7 Å². The number of nitrogens with two attached hydrogens (primary N) is 1. The highest BCUT2D eigenvalue weighted by molar-refractivity contribution is 7.10. The highest BCUT2D eigenvalue weighted by Gasteiger charge is 2.21. The number of hydrogen-bond donors (Lipinski definition) is 1. The van der Waals surface area contributed by atoms with Gasteiger partial charge in [-0.1, -0.05) is 74.5 Å². The van der Waals surface area contributed by atoms with E-state index in [-0.39, 0.29) is 12.2 Å². The maximum atomic E-state index is 6.58. The molecule has 2 unspecified atom stereocenters. The number of allylic oxidation sites excluding steroid dienone is 1. The lowest BCUT2D eigenvalue weighted by molar-refractivity contribution is 0.224. The Labute approximate surface area is 203 Å². The number of likely N-dealkylation sites (N-methyl/N-ethyl adjacent to an activating group) is 1. The van der Waals surface area contributed by atoms with Crippen LogP contribution in [0.5, 0.6) is 0 Å². The van der Waals surface area contributed by atoms with Gasteiger partial charge in [-0.15, -0.1) is 11.3 Å². The summed E-state index contributed by atoms with van der Waals surface area (Å²) in [6.45, 7) is 15.6. The van der Waals surface area contributed by atoms with Crippen LogP contribution in [0, 0.1) is 13.8 Å². The summed E-state index contributed by atoms with van der Waals surface area (Å²) in [5.74, 6) is 0. The van der Waals surface area contributed by atoms with Gasteiger partial charge in [-0.2, -0.15) is 0 Å². The highest BCUT2D eigenvalue weighted by Crippen LogP contribution is 2.27. The summed E-state index contributed by atoms with van der Waals surface area (Å²) in [5.41, 5.74) is 15.9. The highest BCUT2D eigenvalue weighted by atomic mass is 32.1. The summed E-state index contributed by atoms with van der Waals surface area (Å²) in [6.07, 6.45) is 0.783. The van der Waals surface area contributed by atoms with E-state index in [1.807, 2.05) is 6.92 Å². The number of aryl methyl sites for hydroxylation is 1. The predicted molar refractivity (Wildman–Crippen MR) is 146 cm³/mol. The van der Waals surface area contributed by atoms with Crippen LogP contribution in [-0.2, 0) is 0 Å². The van der Waals surface area contributed by atoms with E-state index >= 15 is 0 Å². The first-order valence-electron chi connectivity index (χ1n) is 11.7. The Hall–Kier alpha value is -2.53. The van der Waals surface area contributed by atoms with Crippen molar-refractivity contribution in [2.75, 3.05) is 13.6 Å². The van der Waals surface area contributed by atoms with Crippen molar-refractivity contribution >= 4 is 22.6 Å². The third kappa shape index (κ3) is 5.70. The molecule has 2 atom stereocenters. The van der Waals surface area contributed by atoms with Crippen LogP contribution in [0.1, 0.15) is 54.3 Å². The van der Waals surface area contributed by atoms with E-state index in [9.17, 15) is 0 Å². The SMILES string of the molecule is C=C(C)c1ccc(-c2ccc(/C(=N/C(CC)C(N)N(C)CC)c3csc(C)c3C)cc2)cc1. The summed E-state index contributed by atoms with van der Waals surface area (Å²) < 4.78 is 0. The van der Waals surface area contributed by atoms with Crippen LogP contribution in [0.15, 0.2) is 65.5 Å². The quantitative estimate of drug-likeness (QED) is 0.279. The van der Waals surface area contributed by atoms with Crippen molar-refractivity contribution in [1.82, 2.24) is 4.90 Å². The Morgan fingerprint density at radius 3 is 1.97 bits per heavy atom. The van der Waals surface area contributed by atoms with Gasteiger partial charge >= 0.3 is 0 Å². The normalized spacial score (nSPS) is 13.9. The van der Waals surface area contributed by atoms with Crippen LogP contribution < -0.4 is 5.73 Å². The average molecular weight is 460 g/mol. The van der Waals surface area contributed by atoms with Crippen LogP contribution in [0.2, 0.25) is 0 Å². The molecule has 3 rings (SSSR count). The molecule has 0 saturated heterocycles. The van der Waals surface area contributed by atoms with Crippen LogP contribution in [-0.4, -0.2) is 36.4 Å². The van der Waals surface area contributed by atoms with Crippen molar-refractivity contribution in [2.24, 2.45) is 10.7 Å². The minimum atomic E-state index is -0.110. The van der Waals surface area contributed by atoms with Crippen molar-refractivity contribution in [3.8, 4) is 11.1 Å². The molecule has 0 radical (unpaired) electrons. The zero-order chi connectivity index (χ0) is 24.1. The summed E-state index contributed by atoms with van der Waals surface area (Å²) in [7, 11) is 2.07. The Morgan fingerprint density at radius 2 is 1.55 bits per heavy atom. The van der Waals surface area contributed by atoms with Crippen LogP contribution in [0.25, 0.3) is 16.7 Å². The van der Waals surface area contributed by atoms with Crippen molar-refractivity contribution in [1.29, 1.82) is 0 Å². The van der Waals surface area contributed by atoms with Gasteiger partial charge in [0.1, 0.15) is 0 Å². The molecule has 0 bridgehead atoms. The summed E-state index contributed by atoms with van der Waals surface area (Å²) in [5, 5.41) is 2.23. The molecule has 4 heteroatoms. The third-order valence-electron chi connectivity index (χ3n) is 6.53. The first-order chi connectivity index (χ1) is 15.8. The second kappa shape index (κ2) is 11.1. The van der Waals surface area contributed by atoms with E-state index in [0.717, 1.165) is 29.8 Å². The molecular weight excluding hydrogens is 422 g/mol. The molecule has 0 fully saturated rings. The lowest BCUT2D eigenvalue weighted by Crippen LogP contribution is -2.47. The zero-order valence-electron chi connectivity index (χ0n) is 20.9. The average Bonchev–Trinajstić information content (AvgIpc) is 3.17. The van der Waals surface area contributed by atoms with Gasteiger partial charge in [-0.25, -0.2) is 0 Å². The van der Waals surface area contributed by atoms with E-state index in [1.165, 1.54) is 32.7 Å². The molecule has 0 aliphatic rings. The number of nitrogens with zero attached hydrogens (tertiary/aromatic N) is 2. The summed E-state index contributed by atoms with van der Waals surface area (Å²) >= 11 is 1.78. The fourth-order valence-corrected chi connectivity index (χ4v) is 4.76. The van der Waals surface area contributed by atoms with Crippen LogP contribution >= 0.6 is 11.3 Å². The first-order valence-corrected chi connectivity index (χ1v) is 12.6. The largest absolute Gasteiger partial charge is 0.314 e. The van der Waals surface area contributed by atoms with Gasteiger partial charge < -0.3 is 5.73 Å². The van der Waals surface area contributed by atoms with Gasteiger partial charge in [-0.05, 0) is 63.0 Å². The molecule has 2 N–H and O–H groups in total. The smallest absolute Gasteiger partial charge is 0.0800 e. The fraction of sp³-hybridized carbons (Fsp3) is 0.345. The molecular formula is C29H37N3S. The van der Waals surface area contributed by atoms with E-state index in [0.29, 0.717) is 0 Å².